The number of hydrogen-bond acceptors (Lipinski definition) is 7. The summed E-state index contributed by atoms with van der Waals surface area (Å²) in [4.78, 5) is 36.9. The van der Waals surface area contributed by atoms with Crippen LogP contribution in [0.3, 0.4) is 0 Å². The van der Waals surface area contributed by atoms with E-state index in [1.807, 2.05) is 0 Å². The average Bonchev–Trinajstić information content (AvgIpc) is 3.25. The summed E-state index contributed by atoms with van der Waals surface area (Å²) in [6.45, 7) is -6.21. The molecule has 158 valence electrons. The third kappa shape index (κ3) is 4.69. The van der Waals surface area contributed by atoms with Crippen molar-refractivity contribution in [3.63, 3.8) is 0 Å². The van der Waals surface area contributed by atoms with Crippen molar-refractivity contribution in [2.75, 3.05) is 44.1 Å². The highest BCUT2D eigenvalue weighted by Crippen LogP contribution is 2.46. The number of hydrogen-bond donors (Lipinski definition) is 1. The maximum Gasteiger partial charge on any atom is 0.229 e. The third-order valence-corrected chi connectivity index (χ3v) is 5.85. The highest BCUT2D eigenvalue weighted by atomic mass is 16.3. The quantitative estimate of drug-likeness (QED) is 0.717. The number of imide groups is 1. The number of piperazine rings is 1. The van der Waals surface area contributed by atoms with Gasteiger partial charge in [-0.25, -0.2) is 9.97 Å². The molecule has 2 amide bonds. The molecule has 1 N–H and O–H groups in total. The van der Waals surface area contributed by atoms with Gasteiger partial charge in [-0.05, 0) is 37.5 Å². The van der Waals surface area contributed by atoms with Crippen LogP contribution in [0.15, 0.2) is 12.4 Å². The number of carbonyl (C=O) groups excluding carboxylic acids is 2. The van der Waals surface area contributed by atoms with E-state index in [0.29, 0.717) is 12.8 Å². The SMILES string of the molecule is [2H]C([2H])(N1CCN(c2ncc(O)cn2)CC1)C([2H])([2H])C([2H])([2H])C([2H])([2H])N1C(=O)CC2(CCCC2)CC1=O. The van der Waals surface area contributed by atoms with Crippen LogP contribution in [-0.2, 0) is 9.59 Å². The second-order valence-corrected chi connectivity index (χ2v) is 7.87. The molecule has 1 aromatic rings. The van der Waals surface area contributed by atoms with Crippen LogP contribution in [0.25, 0.3) is 0 Å². The monoisotopic (exact) mass is 409 g/mol. The Morgan fingerprint density at radius 1 is 0.966 bits per heavy atom. The minimum absolute atomic E-state index is 0.0556. The summed E-state index contributed by atoms with van der Waals surface area (Å²) in [5.41, 5.74) is -0.554. The van der Waals surface area contributed by atoms with E-state index < -0.39 is 43.0 Å². The molecule has 29 heavy (non-hydrogen) atoms. The van der Waals surface area contributed by atoms with Gasteiger partial charge in [0.05, 0.1) is 12.4 Å². The molecule has 2 aliphatic heterocycles. The molecule has 0 aromatic carbocycles. The second kappa shape index (κ2) is 8.65. The Kier molecular flexibility index (Phi) is 3.72. The fraction of sp³-hybridized carbons (Fsp3) is 0.714. The van der Waals surface area contributed by atoms with Crippen molar-refractivity contribution in [1.82, 2.24) is 19.8 Å². The minimum Gasteiger partial charge on any atom is -0.505 e. The Hall–Kier alpha value is -2.22. The maximum absolute atomic E-state index is 13.0. The van der Waals surface area contributed by atoms with Crippen molar-refractivity contribution >= 4 is 17.8 Å². The molecule has 3 aliphatic rings. The van der Waals surface area contributed by atoms with Crippen molar-refractivity contribution in [2.24, 2.45) is 5.41 Å². The Morgan fingerprint density at radius 2 is 1.55 bits per heavy atom. The Labute approximate surface area is 183 Å². The third-order valence-electron chi connectivity index (χ3n) is 5.85. The van der Waals surface area contributed by atoms with Crippen molar-refractivity contribution < 1.29 is 25.7 Å². The molecular formula is C21H31N5O3. The van der Waals surface area contributed by atoms with Crippen LogP contribution in [0.4, 0.5) is 5.95 Å². The van der Waals surface area contributed by atoms with Crippen LogP contribution in [0.2, 0.25) is 0 Å². The molecule has 0 unspecified atom stereocenters. The van der Waals surface area contributed by atoms with Gasteiger partial charge in [0.15, 0.2) is 5.75 Å². The lowest BCUT2D eigenvalue weighted by Gasteiger charge is -2.37. The van der Waals surface area contributed by atoms with Gasteiger partial charge in [0, 0.05) is 56.5 Å². The zero-order chi connectivity index (χ0) is 27.4. The van der Waals surface area contributed by atoms with Crippen LogP contribution in [-0.4, -0.2) is 75.9 Å². The number of aromatic nitrogens is 2. The van der Waals surface area contributed by atoms with Gasteiger partial charge in [-0.1, -0.05) is 12.8 Å². The van der Waals surface area contributed by atoms with E-state index in [-0.39, 0.29) is 55.6 Å². The van der Waals surface area contributed by atoms with E-state index in [1.54, 1.807) is 4.90 Å². The molecule has 3 heterocycles. The van der Waals surface area contributed by atoms with E-state index in [9.17, 15) is 14.7 Å². The highest BCUT2D eigenvalue weighted by Gasteiger charge is 2.44. The molecule has 0 bridgehead atoms. The van der Waals surface area contributed by atoms with Gasteiger partial charge in [0.1, 0.15) is 0 Å². The molecule has 1 spiro atoms. The van der Waals surface area contributed by atoms with Gasteiger partial charge in [-0.15, -0.1) is 0 Å². The van der Waals surface area contributed by atoms with Crippen LogP contribution in [0.5, 0.6) is 5.75 Å². The maximum atomic E-state index is 13.0. The summed E-state index contributed by atoms with van der Waals surface area (Å²) < 4.78 is 67.9. The summed E-state index contributed by atoms with van der Waals surface area (Å²) >= 11 is 0. The highest BCUT2D eigenvalue weighted by molar-refractivity contribution is 5.98. The summed E-state index contributed by atoms with van der Waals surface area (Å²) in [6.07, 6.45) is -1.88. The first-order chi connectivity index (χ1) is 17.1. The molecule has 2 saturated heterocycles. The van der Waals surface area contributed by atoms with Gasteiger partial charge < -0.3 is 10.0 Å². The van der Waals surface area contributed by atoms with Gasteiger partial charge in [0.25, 0.3) is 0 Å². The first-order valence-corrected chi connectivity index (χ1v) is 9.93. The van der Waals surface area contributed by atoms with Crippen molar-refractivity contribution in [2.45, 2.75) is 51.3 Å². The number of rotatable bonds is 6. The van der Waals surface area contributed by atoms with E-state index in [2.05, 4.69) is 9.97 Å². The standard InChI is InChI=1S/C21H31N5O3/c27-17-15-22-20(23-16-17)25-11-9-24(10-12-25)7-3-4-8-26-18(28)13-21(14-19(26)29)5-1-2-6-21/h15-16,27H,1-14H2/i3D2,4D2,7D2,8D2. The lowest BCUT2D eigenvalue weighted by Crippen LogP contribution is -2.48. The van der Waals surface area contributed by atoms with Gasteiger partial charge in [0.2, 0.25) is 17.8 Å². The number of aromatic hydroxyl groups is 1. The lowest BCUT2D eigenvalue weighted by molar-refractivity contribution is -0.153. The average molecular weight is 410 g/mol. The fourth-order valence-electron chi connectivity index (χ4n) is 4.29. The summed E-state index contributed by atoms with van der Waals surface area (Å²) in [7, 11) is 0. The van der Waals surface area contributed by atoms with Gasteiger partial charge in [-0.2, -0.15) is 0 Å². The Bertz CT molecular complexity index is 1020. The van der Waals surface area contributed by atoms with Crippen molar-refractivity contribution in [1.29, 1.82) is 0 Å². The number of nitrogens with zero attached hydrogens (tertiary/aromatic N) is 5. The minimum atomic E-state index is -3.59. The zero-order valence-electron chi connectivity index (χ0n) is 24.2. The number of piperidine rings is 1. The molecule has 1 aliphatic carbocycles. The number of likely N-dealkylation sites (tertiary alicyclic amines) is 1. The van der Waals surface area contributed by atoms with Gasteiger partial charge in [-0.3, -0.25) is 19.4 Å². The predicted molar refractivity (Wildman–Crippen MR) is 108 cm³/mol. The molecule has 1 aromatic heterocycles. The van der Waals surface area contributed by atoms with Crippen LogP contribution >= 0.6 is 0 Å². The molecule has 0 atom stereocenters. The Balaban J connectivity index is 1.53. The fourth-order valence-corrected chi connectivity index (χ4v) is 4.29. The number of carbonyl (C=O) groups is 2. The van der Waals surface area contributed by atoms with Crippen LogP contribution in [0.1, 0.15) is 62.2 Å². The molecule has 8 nitrogen and oxygen atoms in total. The van der Waals surface area contributed by atoms with E-state index in [4.69, 9.17) is 11.0 Å². The molecule has 3 fully saturated rings. The molecule has 8 heteroatoms. The zero-order valence-corrected chi connectivity index (χ0v) is 16.2. The lowest BCUT2D eigenvalue weighted by atomic mass is 9.76. The Morgan fingerprint density at radius 3 is 2.17 bits per heavy atom. The predicted octanol–water partition coefficient (Wildman–Crippen LogP) is 1.79. The molecule has 0 radical (unpaired) electrons. The molecule has 4 rings (SSSR count). The van der Waals surface area contributed by atoms with E-state index in [0.717, 1.165) is 17.7 Å². The van der Waals surface area contributed by atoms with E-state index in [1.165, 1.54) is 12.4 Å². The first-order valence-electron chi connectivity index (χ1n) is 13.9. The second-order valence-electron chi connectivity index (χ2n) is 7.87. The van der Waals surface area contributed by atoms with Crippen molar-refractivity contribution in [3.05, 3.63) is 12.4 Å². The largest absolute Gasteiger partial charge is 0.505 e. The summed E-state index contributed by atoms with van der Waals surface area (Å²) in [5, 5.41) is 9.36. The summed E-state index contributed by atoms with van der Waals surface area (Å²) in [6, 6.07) is 0. The number of anilines is 1. The molecular weight excluding hydrogens is 370 g/mol. The molecule has 1 saturated carbocycles. The topological polar surface area (TPSA) is 89.9 Å². The first kappa shape index (κ1) is 12.5. The van der Waals surface area contributed by atoms with Crippen LogP contribution < -0.4 is 4.90 Å². The van der Waals surface area contributed by atoms with Crippen molar-refractivity contribution in [3.8, 4) is 5.75 Å². The van der Waals surface area contributed by atoms with Crippen LogP contribution in [0, 0.1) is 5.41 Å². The van der Waals surface area contributed by atoms with Gasteiger partial charge >= 0.3 is 0 Å². The summed E-state index contributed by atoms with van der Waals surface area (Å²) in [5.74, 6) is -1.63. The number of amides is 2. The van der Waals surface area contributed by atoms with E-state index >= 15 is 0 Å². The normalized spacial score (nSPS) is 28.7. The smallest absolute Gasteiger partial charge is 0.229 e.